The number of carbonyl (C=O) groups excluding carboxylic acids is 1. The largest absolute Gasteiger partial charge is 0.426 e. The summed E-state index contributed by atoms with van der Waals surface area (Å²) in [6.45, 7) is 0.459. The predicted molar refractivity (Wildman–Crippen MR) is 62.2 cm³/mol. The maximum Gasteiger partial charge on any atom is 0.426 e. The fourth-order valence-electron chi connectivity index (χ4n) is 1.31. The Labute approximate surface area is 130 Å². The molecule has 22 heavy (non-hydrogen) atoms. The Hall–Kier alpha value is -0.320. The van der Waals surface area contributed by atoms with Gasteiger partial charge in [-0.25, -0.2) is 0 Å². The van der Waals surface area contributed by atoms with Crippen molar-refractivity contribution >= 4 is 29.5 Å². The van der Waals surface area contributed by atoms with Crippen LogP contribution in [0.5, 0.6) is 0 Å². The highest BCUT2D eigenvalue weighted by atomic mass is 35.5. The first-order valence-corrected chi connectivity index (χ1v) is 6.22. The summed E-state index contributed by atoms with van der Waals surface area (Å²) in [4.78, 5) is 10.2. The zero-order valence-electron chi connectivity index (χ0n) is 11.1. The molecule has 12 heteroatoms. The lowest BCUT2D eigenvalue weighted by atomic mass is 9.91. The van der Waals surface area contributed by atoms with Crippen LogP contribution in [0.4, 0.5) is 30.7 Å². The van der Waals surface area contributed by atoms with Crippen LogP contribution in [0.2, 0.25) is 0 Å². The Morgan fingerprint density at radius 1 is 1.05 bits per heavy atom. The highest BCUT2D eigenvalue weighted by Crippen LogP contribution is 2.52. The molecule has 0 heterocycles. The SMILES string of the molecule is COC(C)(CCC=O)C(F)(F)C(F)(F)OC(F)(Cl)C(F)(F)Cl. The van der Waals surface area contributed by atoms with Crippen LogP contribution in [-0.4, -0.2) is 41.7 Å². The molecule has 0 rings (SSSR count). The quantitative estimate of drug-likeness (QED) is 0.338. The van der Waals surface area contributed by atoms with Gasteiger partial charge in [0, 0.05) is 13.5 Å². The summed E-state index contributed by atoms with van der Waals surface area (Å²) in [5.41, 5.74) is -3.04. The van der Waals surface area contributed by atoms with E-state index >= 15 is 0 Å². The van der Waals surface area contributed by atoms with Gasteiger partial charge >= 0.3 is 22.7 Å². The molecule has 2 unspecified atom stereocenters. The van der Waals surface area contributed by atoms with Crippen molar-refractivity contribution in [2.45, 2.75) is 48.1 Å². The van der Waals surface area contributed by atoms with Gasteiger partial charge in [-0.2, -0.15) is 30.7 Å². The van der Waals surface area contributed by atoms with E-state index in [4.69, 9.17) is 0 Å². The molecule has 0 saturated heterocycles. The van der Waals surface area contributed by atoms with Crippen LogP contribution in [-0.2, 0) is 14.3 Å². The number of rotatable bonds is 9. The van der Waals surface area contributed by atoms with Gasteiger partial charge < -0.3 is 9.53 Å². The minimum absolute atomic E-state index is 0.139. The molecule has 0 aliphatic heterocycles. The summed E-state index contributed by atoms with van der Waals surface area (Å²) in [5.74, 6) is -5.33. The van der Waals surface area contributed by atoms with Crippen LogP contribution in [0.15, 0.2) is 0 Å². The Kier molecular flexibility index (Phi) is 6.56. The van der Waals surface area contributed by atoms with Crippen LogP contribution >= 0.6 is 23.2 Å². The first-order valence-electron chi connectivity index (χ1n) is 5.47. The average molecular weight is 383 g/mol. The molecule has 0 bridgehead atoms. The lowest BCUT2D eigenvalue weighted by Gasteiger charge is -2.40. The zero-order chi connectivity index (χ0) is 18.0. The third kappa shape index (κ3) is 4.15. The topological polar surface area (TPSA) is 35.5 Å². The second-order valence-electron chi connectivity index (χ2n) is 4.35. The summed E-state index contributed by atoms with van der Waals surface area (Å²) in [5, 5.41) is -10.3. The molecule has 0 aromatic rings. The van der Waals surface area contributed by atoms with Crippen LogP contribution < -0.4 is 0 Å². The molecule has 3 nitrogen and oxygen atoms in total. The third-order valence-corrected chi connectivity index (χ3v) is 3.46. The molecule has 0 aliphatic rings. The Bertz CT molecular complexity index is 400. The summed E-state index contributed by atoms with van der Waals surface area (Å²) < 4.78 is 99.7. The molecule has 0 spiro atoms. The van der Waals surface area contributed by atoms with Gasteiger partial charge in [0.15, 0.2) is 0 Å². The summed E-state index contributed by atoms with van der Waals surface area (Å²) in [7, 11) is 0.605. The molecule has 2 atom stereocenters. The van der Waals surface area contributed by atoms with Crippen molar-refractivity contribution in [1.82, 2.24) is 0 Å². The summed E-state index contributed by atoms with van der Waals surface area (Å²) in [6.07, 6.45) is -7.24. The normalized spacial score (nSPS) is 19.4. The molecular formula is C10H11Cl2F7O3. The number of aldehydes is 1. The lowest BCUT2D eigenvalue weighted by Crippen LogP contribution is -2.61. The third-order valence-electron chi connectivity index (χ3n) is 2.81. The van der Waals surface area contributed by atoms with Crippen molar-refractivity contribution in [3.63, 3.8) is 0 Å². The maximum absolute atomic E-state index is 13.9. The molecule has 0 aromatic carbocycles. The Morgan fingerprint density at radius 3 is 1.82 bits per heavy atom. The zero-order valence-corrected chi connectivity index (χ0v) is 12.6. The summed E-state index contributed by atoms with van der Waals surface area (Å²) in [6, 6.07) is 0. The first-order chi connectivity index (χ1) is 9.58. The second kappa shape index (κ2) is 6.66. The van der Waals surface area contributed by atoms with E-state index in [9.17, 15) is 35.5 Å². The van der Waals surface area contributed by atoms with Gasteiger partial charge in [0.1, 0.15) is 11.9 Å². The van der Waals surface area contributed by atoms with Crippen LogP contribution in [0.3, 0.4) is 0 Å². The van der Waals surface area contributed by atoms with Crippen molar-refractivity contribution < 1.29 is 45.0 Å². The van der Waals surface area contributed by atoms with E-state index in [0.29, 0.717) is 14.0 Å². The molecule has 0 fully saturated rings. The summed E-state index contributed by atoms with van der Waals surface area (Å²) >= 11 is 8.41. The molecule has 0 N–H and O–H groups in total. The first kappa shape index (κ1) is 21.7. The Balaban J connectivity index is 5.59. The van der Waals surface area contributed by atoms with Gasteiger partial charge in [0.2, 0.25) is 0 Å². The Morgan fingerprint density at radius 2 is 1.50 bits per heavy atom. The fraction of sp³-hybridized carbons (Fsp3) is 0.900. The number of halogens is 9. The highest BCUT2D eigenvalue weighted by Gasteiger charge is 2.73. The van der Waals surface area contributed by atoms with E-state index in [0.717, 1.165) is 0 Å². The maximum atomic E-state index is 13.9. The van der Waals surface area contributed by atoms with E-state index in [2.05, 4.69) is 32.7 Å². The van der Waals surface area contributed by atoms with Crippen molar-refractivity contribution in [3.05, 3.63) is 0 Å². The van der Waals surface area contributed by atoms with E-state index in [1.165, 1.54) is 0 Å². The fourth-order valence-corrected chi connectivity index (χ4v) is 1.45. The molecule has 0 aliphatic carbocycles. The van der Waals surface area contributed by atoms with Crippen molar-refractivity contribution in [3.8, 4) is 0 Å². The number of methoxy groups -OCH3 is 1. The van der Waals surface area contributed by atoms with Crippen LogP contribution in [0.25, 0.3) is 0 Å². The van der Waals surface area contributed by atoms with Gasteiger partial charge in [-0.1, -0.05) is 0 Å². The van der Waals surface area contributed by atoms with Crippen LogP contribution in [0, 0.1) is 0 Å². The highest BCUT2D eigenvalue weighted by molar-refractivity contribution is 6.31. The van der Waals surface area contributed by atoms with Gasteiger partial charge in [-0.3, -0.25) is 4.74 Å². The predicted octanol–water partition coefficient (Wildman–Crippen LogP) is 4.31. The standard InChI is InChI=1S/C10H11Cl2F7O3/c1-6(21-2,4-3-5-20)7(13,14)10(18,19)22-9(12,17)8(11,15)16/h5H,3-4H2,1-2H3. The van der Waals surface area contributed by atoms with E-state index in [1.807, 2.05) is 0 Å². The van der Waals surface area contributed by atoms with Gasteiger partial charge in [-0.05, 0) is 36.5 Å². The smallest absolute Gasteiger partial charge is 0.372 e. The number of alkyl halides is 9. The van der Waals surface area contributed by atoms with Gasteiger partial charge in [-0.15, -0.1) is 0 Å². The van der Waals surface area contributed by atoms with Gasteiger partial charge in [0.25, 0.3) is 0 Å². The molecule has 0 amide bonds. The van der Waals surface area contributed by atoms with E-state index in [1.54, 1.807) is 0 Å². The number of hydrogen-bond donors (Lipinski definition) is 0. The van der Waals surface area contributed by atoms with E-state index in [-0.39, 0.29) is 6.29 Å². The van der Waals surface area contributed by atoms with Crippen LogP contribution in [0.1, 0.15) is 19.8 Å². The molecule has 132 valence electrons. The van der Waals surface area contributed by atoms with Gasteiger partial charge in [0.05, 0.1) is 0 Å². The molecule has 0 aromatic heterocycles. The lowest BCUT2D eigenvalue weighted by molar-refractivity contribution is -0.429. The molecule has 0 saturated carbocycles. The van der Waals surface area contributed by atoms with Crippen molar-refractivity contribution in [2.75, 3.05) is 7.11 Å². The van der Waals surface area contributed by atoms with Crippen molar-refractivity contribution in [2.24, 2.45) is 0 Å². The minimum atomic E-state index is -5.82. The molecular weight excluding hydrogens is 372 g/mol. The minimum Gasteiger partial charge on any atom is -0.372 e. The number of ether oxygens (including phenoxy) is 2. The number of hydrogen-bond acceptors (Lipinski definition) is 3. The monoisotopic (exact) mass is 382 g/mol. The van der Waals surface area contributed by atoms with E-state index < -0.39 is 41.2 Å². The second-order valence-corrected chi connectivity index (χ2v) is 5.31. The van der Waals surface area contributed by atoms with Crippen molar-refractivity contribution in [1.29, 1.82) is 0 Å². The average Bonchev–Trinajstić information content (AvgIpc) is 2.32. The number of carbonyl (C=O) groups is 1. The molecule has 0 radical (unpaired) electrons.